The molecule has 176 valence electrons. The molecule has 7 heteroatoms. The first-order chi connectivity index (χ1) is 16.5. The maximum Gasteiger partial charge on any atom is 0.171 e. The van der Waals surface area contributed by atoms with E-state index in [-0.39, 0.29) is 6.04 Å². The van der Waals surface area contributed by atoms with Crippen molar-refractivity contribution in [2.45, 2.75) is 39.2 Å². The monoisotopic (exact) mass is 476 g/mol. The second-order valence-corrected chi connectivity index (χ2v) is 9.29. The number of rotatable bonds is 4. The third-order valence-electron chi connectivity index (χ3n) is 6.52. The van der Waals surface area contributed by atoms with Crippen LogP contribution < -0.4 is 4.74 Å². The number of methoxy groups -OCH3 is 1. The molecule has 0 saturated carbocycles. The van der Waals surface area contributed by atoms with E-state index in [4.69, 9.17) is 21.2 Å². The average molecular weight is 477 g/mol. The zero-order chi connectivity index (χ0) is 23.7. The number of oxime groups is 1. The Kier molecular flexibility index (Phi) is 6.33. The first-order valence-electron chi connectivity index (χ1n) is 11.7. The minimum atomic E-state index is 0.210. The Labute approximate surface area is 205 Å². The SMILES string of the molecule is COc1cc(/C=C2\CCCN3C2=NOCC[C@H]3c2ccc(Cl)c(C)c2)ccc1-n1cnc(C)c1. The van der Waals surface area contributed by atoms with Crippen LogP contribution in [0, 0.1) is 13.8 Å². The normalized spacial score (nSPS) is 19.3. The van der Waals surface area contributed by atoms with Crippen LogP contribution in [0.15, 0.2) is 59.7 Å². The number of hydrogen-bond acceptors (Lipinski definition) is 5. The van der Waals surface area contributed by atoms with Gasteiger partial charge in [0, 0.05) is 24.2 Å². The van der Waals surface area contributed by atoms with Crippen LogP contribution in [-0.2, 0) is 4.84 Å². The lowest BCUT2D eigenvalue weighted by molar-refractivity contribution is 0.140. The predicted molar refractivity (Wildman–Crippen MR) is 136 cm³/mol. The third kappa shape index (κ3) is 4.42. The maximum atomic E-state index is 6.29. The van der Waals surface area contributed by atoms with Gasteiger partial charge in [0.05, 0.1) is 30.9 Å². The van der Waals surface area contributed by atoms with Crippen LogP contribution in [0.4, 0.5) is 0 Å². The van der Waals surface area contributed by atoms with Gasteiger partial charge >= 0.3 is 0 Å². The van der Waals surface area contributed by atoms with Gasteiger partial charge in [-0.25, -0.2) is 4.98 Å². The van der Waals surface area contributed by atoms with E-state index in [0.717, 1.165) is 64.9 Å². The van der Waals surface area contributed by atoms with Gasteiger partial charge < -0.3 is 19.0 Å². The molecule has 3 heterocycles. The van der Waals surface area contributed by atoms with E-state index in [2.05, 4.69) is 58.4 Å². The Hall–Kier alpha value is -3.25. The number of nitrogens with zero attached hydrogens (tertiary/aromatic N) is 4. The predicted octanol–water partition coefficient (Wildman–Crippen LogP) is 6.11. The van der Waals surface area contributed by atoms with Crippen LogP contribution in [0.25, 0.3) is 11.8 Å². The minimum absolute atomic E-state index is 0.210. The summed E-state index contributed by atoms with van der Waals surface area (Å²) >= 11 is 6.29. The summed E-state index contributed by atoms with van der Waals surface area (Å²) in [7, 11) is 1.70. The van der Waals surface area contributed by atoms with Crippen LogP contribution in [-0.4, -0.2) is 40.5 Å². The molecule has 0 radical (unpaired) electrons. The standard InChI is InChI=1S/C27H29ClN4O2/c1-18-13-21(7-8-23(18)28)24-10-12-34-30-27-22(5-4-11-32(24)27)14-20-6-9-25(26(15-20)33-3)31-16-19(2)29-17-31/h6-9,13-17,24H,4-5,10-12H2,1-3H3/b22-14+/t24-/m0/s1. The first kappa shape index (κ1) is 22.5. The zero-order valence-corrected chi connectivity index (χ0v) is 20.5. The topological polar surface area (TPSA) is 51.9 Å². The first-order valence-corrected chi connectivity index (χ1v) is 12.0. The molecule has 1 atom stereocenters. The molecule has 0 unspecified atom stereocenters. The Morgan fingerprint density at radius 2 is 2.06 bits per heavy atom. The van der Waals surface area contributed by atoms with Gasteiger partial charge in [-0.2, -0.15) is 0 Å². The van der Waals surface area contributed by atoms with Crippen LogP contribution >= 0.6 is 11.6 Å². The second-order valence-electron chi connectivity index (χ2n) is 8.88. The van der Waals surface area contributed by atoms with E-state index in [0.29, 0.717) is 6.61 Å². The Morgan fingerprint density at radius 1 is 1.18 bits per heavy atom. The summed E-state index contributed by atoms with van der Waals surface area (Å²) in [6, 6.07) is 12.8. The number of benzene rings is 2. The van der Waals surface area contributed by atoms with Crippen LogP contribution in [0.1, 0.15) is 47.7 Å². The van der Waals surface area contributed by atoms with Crippen molar-refractivity contribution >= 4 is 23.5 Å². The molecule has 3 aromatic rings. The summed E-state index contributed by atoms with van der Waals surface area (Å²) in [5, 5.41) is 5.35. The number of aromatic nitrogens is 2. The summed E-state index contributed by atoms with van der Waals surface area (Å²) in [5.74, 6) is 1.72. The van der Waals surface area contributed by atoms with Gasteiger partial charge in [0.1, 0.15) is 12.4 Å². The van der Waals surface area contributed by atoms with E-state index in [9.17, 15) is 0 Å². The highest BCUT2D eigenvalue weighted by Gasteiger charge is 2.31. The molecular weight excluding hydrogens is 448 g/mol. The molecule has 0 amide bonds. The molecular formula is C27H29ClN4O2. The van der Waals surface area contributed by atoms with Crippen molar-refractivity contribution in [1.82, 2.24) is 14.5 Å². The van der Waals surface area contributed by atoms with Gasteiger partial charge in [-0.3, -0.25) is 0 Å². The van der Waals surface area contributed by atoms with Crippen molar-refractivity contribution < 1.29 is 9.57 Å². The van der Waals surface area contributed by atoms with Gasteiger partial charge in [0.25, 0.3) is 0 Å². The van der Waals surface area contributed by atoms with Crippen molar-refractivity contribution in [3.63, 3.8) is 0 Å². The zero-order valence-electron chi connectivity index (χ0n) is 19.8. The van der Waals surface area contributed by atoms with Gasteiger partial charge in [0.15, 0.2) is 5.84 Å². The van der Waals surface area contributed by atoms with Crippen LogP contribution in [0.2, 0.25) is 5.02 Å². The van der Waals surface area contributed by atoms with E-state index in [1.54, 1.807) is 13.4 Å². The fourth-order valence-corrected chi connectivity index (χ4v) is 4.91. The lowest BCUT2D eigenvalue weighted by Gasteiger charge is -2.36. The van der Waals surface area contributed by atoms with Crippen molar-refractivity contribution in [3.05, 3.63) is 81.9 Å². The highest BCUT2D eigenvalue weighted by atomic mass is 35.5. The number of amidine groups is 1. The molecule has 0 spiro atoms. The number of halogens is 1. The fraction of sp³-hybridized carbons (Fsp3) is 0.333. The molecule has 34 heavy (non-hydrogen) atoms. The van der Waals surface area contributed by atoms with Crippen molar-refractivity contribution in [2.75, 3.05) is 20.3 Å². The molecule has 0 aliphatic carbocycles. The average Bonchev–Trinajstić information content (AvgIpc) is 3.15. The maximum absolute atomic E-state index is 6.29. The van der Waals surface area contributed by atoms with E-state index >= 15 is 0 Å². The van der Waals surface area contributed by atoms with E-state index < -0.39 is 0 Å². The molecule has 0 N–H and O–H groups in total. The van der Waals surface area contributed by atoms with E-state index in [1.165, 1.54) is 11.1 Å². The molecule has 2 aliphatic heterocycles. The lowest BCUT2D eigenvalue weighted by atomic mass is 9.94. The van der Waals surface area contributed by atoms with Crippen molar-refractivity contribution in [2.24, 2.45) is 5.16 Å². The molecule has 5 rings (SSSR count). The number of imidazole rings is 1. The lowest BCUT2D eigenvalue weighted by Crippen LogP contribution is -2.39. The Balaban J connectivity index is 1.47. The molecule has 0 bridgehead atoms. The summed E-state index contributed by atoms with van der Waals surface area (Å²) in [4.78, 5) is 12.4. The van der Waals surface area contributed by atoms with Gasteiger partial charge in [0.2, 0.25) is 0 Å². The molecule has 1 aromatic heterocycles. The van der Waals surface area contributed by atoms with Gasteiger partial charge in [-0.1, -0.05) is 35.0 Å². The highest BCUT2D eigenvalue weighted by molar-refractivity contribution is 6.31. The molecule has 1 fully saturated rings. The smallest absolute Gasteiger partial charge is 0.171 e. The Morgan fingerprint density at radius 3 is 2.82 bits per heavy atom. The number of piperidine rings is 1. The van der Waals surface area contributed by atoms with E-state index in [1.807, 2.05) is 23.8 Å². The third-order valence-corrected chi connectivity index (χ3v) is 6.94. The quantitative estimate of drug-likeness (QED) is 0.456. The van der Waals surface area contributed by atoms with Crippen molar-refractivity contribution in [3.8, 4) is 11.4 Å². The number of hydrogen-bond donors (Lipinski definition) is 0. The molecule has 6 nitrogen and oxygen atoms in total. The largest absolute Gasteiger partial charge is 0.495 e. The number of fused-ring (bicyclic) bond motifs is 1. The molecule has 2 aromatic carbocycles. The molecule has 2 aliphatic rings. The number of ether oxygens (including phenoxy) is 1. The van der Waals surface area contributed by atoms with Crippen molar-refractivity contribution in [1.29, 1.82) is 0 Å². The second kappa shape index (κ2) is 9.55. The van der Waals surface area contributed by atoms with Crippen LogP contribution in [0.3, 0.4) is 0 Å². The summed E-state index contributed by atoms with van der Waals surface area (Å²) in [6.45, 7) is 5.57. The Bertz CT molecular complexity index is 1260. The number of aryl methyl sites for hydroxylation is 2. The summed E-state index contributed by atoms with van der Waals surface area (Å²) < 4.78 is 7.69. The highest BCUT2D eigenvalue weighted by Crippen LogP contribution is 2.35. The summed E-state index contributed by atoms with van der Waals surface area (Å²) in [5.41, 5.74) is 6.52. The van der Waals surface area contributed by atoms with Gasteiger partial charge in [-0.15, -0.1) is 0 Å². The fourth-order valence-electron chi connectivity index (χ4n) is 4.79. The van der Waals surface area contributed by atoms with Crippen LogP contribution in [0.5, 0.6) is 5.75 Å². The minimum Gasteiger partial charge on any atom is -0.495 e. The molecule has 1 saturated heterocycles. The van der Waals surface area contributed by atoms with Gasteiger partial charge in [-0.05, 0) is 73.2 Å². The summed E-state index contributed by atoms with van der Waals surface area (Å²) in [6.07, 6.45) is 8.91.